The zero-order valence-corrected chi connectivity index (χ0v) is 27.1. The van der Waals surface area contributed by atoms with E-state index in [4.69, 9.17) is 4.74 Å². The van der Waals surface area contributed by atoms with Crippen LogP contribution in [0, 0.1) is 56.7 Å². The van der Waals surface area contributed by atoms with Crippen molar-refractivity contribution in [3.8, 4) is 5.75 Å². The molecule has 0 aliphatic heterocycles. The molecule has 4 fully saturated rings. The van der Waals surface area contributed by atoms with Crippen LogP contribution in [-0.2, 0) is 16.0 Å². The topological polar surface area (TPSA) is 43.4 Å². The lowest BCUT2D eigenvalue weighted by atomic mass is 9.33. The van der Waals surface area contributed by atoms with Gasteiger partial charge in [0.1, 0.15) is 17.3 Å². The number of Topliss-reactive ketones (excluding diaryl/α,β-unsaturated/α-hetero) is 2. The summed E-state index contributed by atoms with van der Waals surface area (Å²) in [5.74, 6) is 4.32. The van der Waals surface area contributed by atoms with E-state index in [2.05, 4.69) is 66.7 Å². The summed E-state index contributed by atoms with van der Waals surface area (Å²) in [7, 11) is 1.69. The van der Waals surface area contributed by atoms with Gasteiger partial charge >= 0.3 is 0 Å². The van der Waals surface area contributed by atoms with Crippen LogP contribution in [0.25, 0.3) is 0 Å². The molecule has 0 N–H and O–H groups in total. The van der Waals surface area contributed by atoms with E-state index in [1.165, 1.54) is 6.42 Å². The summed E-state index contributed by atoms with van der Waals surface area (Å²) < 4.78 is 5.37. The maximum Gasteiger partial charge on any atom is 0.143 e. The standard InChI is InChI=1S/C38H54O3/c1-24-15-20-38(32(40)23-26-9-11-27(41-8)12-10-26)22-21-36(6)28(33(38)25(24)2)13-14-30-35(5)18-17-31(39)34(3,4)29(35)16-19-37(30,36)7/h9-13,24-25,29-30,33H,14-23H2,1-8H3/t24-,25+,29?,30?,33?,35+,36-,37-,38-/m1/s1. The number of rotatable bonds is 4. The number of fused-ring (bicyclic) bond motifs is 7. The number of allylic oxidation sites excluding steroid dienone is 2. The van der Waals surface area contributed by atoms with Crippen LogP contribution in [0.1, 0.15) is 112 Å². The molecule has 3 unspecified atom stereocenters. The van der Waals surface area contributed by atoms with Gasteiger partial charge in [0.25, 0.3) is 0 Å². The van der Waals surface area contributed by atoms with Crippen LogP contribution in [-0.4, -0.2) is 18.7 Å². The van der Waals surface area contributed by atoms with Crippen LogP contribution >= 0.6 is 0 Å². The van der Waals surface area contributed by atoms with Gasteiger partial charge in [-0.2, -0.15) is 0 Å². The summed E-state index contributed by atoms with van der Waals surface area (Å²) in [4.78, 5) is 27.6. The summed E-state index contributed by atoms with van der Waals surface area (Å²) in [6.07, 6.45) is 12.7. The first kappa shape index (κ1) is 29.2. The number of carbonyl (C=O) groups is 2. The highest BCUT2D eigenvalue weighted by Crippen LogP contribution is 2.75. The lowest BCUT2D eigenvalue weighted by Crippen LogP contribution is -2.65. The molecule has 6 rings (SSSR count). The third kappa shape index (κ3) is 3.88. The number of carbonyl (C=O) groups excluding carboxylic acids is 2. The Kier molecular flexibility index (Phi) is 6.80. The molecule has 0 aromatic heterocycles. The second kappa shape index (κ2) is 9.55. The van der Waals surface area contributed by atoms with Gasteiger partial charge < -0.3 is 4.74 Å². The highest BCUT2D eigenvalue weighted by Gasteiger charge is 2.69. The fourth-order valence-electron chi connectivity index (χ4n) is 11.9. The third-order valence-electron chi connectivity index (χ3n) is 14.8. The van der Waals surface area contributed by atoms with E-state index >= 15 is 0 Å². The molecule has 0 amide bonds. The largest absolute Gasteiger partial charge is 0.497 e. The van der Waals surface area contributed by atoms with Crippen LogP contribution < -0.4 is 4.74 Å². The molecular weight excluding hydrogens is 504 g/mol. The smallest absolute Gasteiger partial charge is 0.143 e. The molecule has 1 aromatic rings. The maximum absolute atomic E-state index is 14.5. The second-order valence-corrected chi connectivity index (χ2v) is 16.4. The van der Waals surface area contributed by atoms with Crippen molar-refractivity contribution >= 4 is 11.6 Å². The van der Waals surface area contributed by atoms with Gasteiger partial charge in [-0.1, -0.05) is 72.2 Å². The van der Waals surface area contributed by atoms with Gasteiger partial charge in [0.15, 0.2) is 0 Å². The van der Waals surface area contributed by atoms with Gasteiger partial charge in [0, 0.05) is 23.7 Å². The van der Waals surface area contributed by atoms with E-state index in [0.29, 0.717) is 47.6 Å². The maximum atomic E-state index is 14.5. The van der Waals surface area contributed by atoms with Crippen molar-refractivity contribution in [2.75, 3.05) is 7.11 Å². The monoisotopic (exact) mass is 558 g/mol. The van der Waals surface area contributed by atoms with Crippen LogP contribution in [0.5, 0.6) is 5.75 Å². The zero-order valence-electron chi connectivity index (χ0n) is 27.1. The quantitative estimate of drug-likeness (QED) is 0.346. The lowest BCUT2D eigenvalue weighted by molar-refractivity contribution is -0.186. The van der Waals surface area contributed by atoms with E-state index in [1.807, 2.05) is 12.1 Å². The fraction of sp³-hybridized carbons (Fsp3) is 0.737. The third-order valence-corrected chi connectivity index (χ3v) is 14.8. The Balaban J connectivity index is 1.39. The van der Waals surface area contributed by atoms with Crippen LogP contribution in [0.2, 0.25) is 0 Å². The van der Waals surface area contributed by atoms with Crippen LogP contribution in [0.4, 0.5) is 0 Å². The highest BCUT2D eigenvalue weighted by atomic mass is 16.5. The second-order valence-electron chi connectivity index (χ2n) is 16.4. The van der Waals surface area contributed by atoms with Crippen molar-refractivity contribution in [2.24, 2.45) is 56.7 Å². The molecule has 0 spiro atoms. The molecule has 0 heterocycles. The molecule has 0 radical (unpaired) electrons. The first-order valence-corrected chi connectivity index (χ1v) is 16.6. The highest BCUT2D eigenvalue weighted by molar-refractivity contribution is 5.88. The van der Waals surface area contributed by atoms with Gasteiger partial charge in [-0.25, -0.2) is 0 Å². The molecule has 224 valence electrons. The van der Waals surface area contributed by atoms with Crippen LogP contribution in [0.15, 0.2) is 35.9 Å². The minimum absolute atomic E-state index is 0.107. The minimum Gasteiger partial charge on any atom is -0.497 e. The summed E-state index contributed by atoms with van der Waals surface area (Å²) in [5.41, 5.74) is 2.77. The summed E-state index contributed by atoms with van der Waals surface area (Å²) in [6.45, 7) is 17.1. The lowest BCUT2D eigenvalue weighted by Gasteiger charge is -2.71. The SMILES string of the molecule is COc1ccc(CC(=O)[C@]23CC[C@@H](C)[C@H](C)C2C2=CCC4[C@@]5(C)CCC(=O)C(C)(C)C5CC[C@@]4(C)[C@]2(C)CC3)cc1. The van der Waals surface area contributed by atoms with Gasteiger partial charge in [-0.15, -0.1) is 0 Å². The van der Waals surface area contributed by atoms with Gasteiger partial charge in [-0.05, 0) is 115 Å². The average Bonchev–Trinajstić information content (AvgIpc) is 2.93. The van der Waals surface area contributed by atoms with Crippen molar-refractivity contribution in [1.82, 2.24) is 0 Å². The van der Waals surface area contributed by atoms with E-state index in [9.17, 15) is 9.59 Å². The fourth-order valence-corrected chi connectivity index (χ4v) is 11.9. The summed E-state index contributed by atoms with van der Waals surface area (Å²) in [6, 6.07) is 8.13. The number of methoxy groups -OCH3 is 1. The van der Waals surface area contributed by atoms with Gasteiger partial charge in [0.05, 0.1) is 7.11 Å². The summed E-state index contributed by atoms with van der Waals surface area (Å²) in [5, 5.41) is 0. The molecule has 1 aromatic carbocycles. The van der Waals surface area contributed by atoms with E-state index in [0.717, 1.165) is 62.7 Å². The van der Waals surface area contributed by atoms with E-state index in [1.54, 1.807) is 12.7 Å². The zero-order chi connectivity index (χ0) is 29.6. The molecule has 3 heteroatoms. The number of ether oxygens (including phenoxy) is 1. The molecule has 0 bridgehead atoms. The molecule has 3 nitrogen and oxygen atoms in total. The van der Waals surface area contributed by atoms with Crippen LogP contribution in [0.3, 0.4) is 0 Å². The van der Waals surface area contributed by atoms with Crippen molar-refractivity contribution in [2.45, 2.75) is 113 Å². The van der Waals surface area contributed by atoms with Gasteiger partial charge in [-0.3, -0.25) is 9.59 Å². The molecule has 0 saturated heterocycles. The Labute approximate surface area is 249 Å². The van der Waals surface area contributed by atoms with Gasteiger partial charge in [0.2, 0.25) is 0 Å². The molecule has 5 aliphatic rings. The van der Waals surface area contributed by atoms with E-state index in [-0.39, 0.29) is 27.1 Å². The Morgan fingerprint density at radius 3 is 2.29 bits per heavy atom. The molecule has 9 atom stereocenters. The first-order chi connectivity index (χ1) is 19.2. The Bertz CT molecular complexity index is 1260. The predicted octanol–water partition coefficient (Wildman–Crippen LogP) is 9.03. The van der Waals surface area contributed by atoms with Crippen molar-refractivity contribution in [3.05, 3.63) is 41.5 Å². The molecule has 4 saturated carbocycles. The number of benzene rings is 1. The Morgan fingerprint density at radius 1 is 0.902 bits per heavy atom. The Hall–Kier alpha value is -1.90. The number of ketones is 2. The average molecular weight is 559 g/mol. The van der Waals surface area contributed by atoms with E-state index < -0.39 is 0 Å². The molecular formula is C38H54O3. The van der Waals surface area contributed by atoms with Crippen molar-refractivity contribution in [1.29, 1.82) is 0 Å². The minimum atomic E-state index is -0.249. The van der Waals surface area contributed by atoms with Crippen molar-refractivity contribution < 1.29 is 14.3 Å². The first-order valence-electron chi connectivity index (χ1n) is 16.6. The predicted molar refractivity (Wildman–Crippen MR) is 166 cm³/mol. The normalized spacial score (nSPS) is 44.9. The molecule has 5 aliphatic carbocycles. The molecule has 41 heavy (non-hydrogen) atoms. The number of hydrogen-bond acceptors (Lipinski definition) is 3. The Morgan fingerprint density at radius 2 is 1.61 bits per heavy atom. The number of hydrogen-bond donors (Lipinski definition) is 0. The summed E-state index contributed by atoms with van der Waals surface area (Å²) >= 11 is 0. The van der Waals surface area contributed by atoms with Crippen molar-refractivity contribution in [3.63, 3.8) is 0 Å².